The van der Waals surface area contributed by atoms with Crippen LogP contribution in [0.25, 0.3) is 10.2 Å². The number of carboxylic acids is 1. The standard InChI is InChI=1S/C13H14N2O4S/c1-19-5-4-8-14-11(16)10-9-6(13(17)18)2-3-7(9)20-12(10)15-8/h6H,2-5H2,1H3,(H,17,18)(H,14,15,16). The van der Waals surface area contributed by atoms with Crippen molar-refractivity contribution in [1.29, 1.82) is 0 Å². The van der Waals surface area contributed by atoms with Crippen molar-refractivity contribution >= 4 is 27.5 Å². The number of thiophene rings is 1. The number of hydrogen-bond donors (Lipinski definition) is 2. The first-order valence-electron chi connectivity index (χ1n) is 6.38. The second-order valence-corrected chi connectivity index (χ2v) is 5.89. The Kier molecular flexibility index (Phi) is 3.31. The van der Waals surface area contributed by atoms with E-state index in [9.17, 15) is 14.7 Å². The third-order valence-electron chi connectivity index (χ3n) is 3.57. The maximum absolute atomic E-state index is 12.2. The number of aromatic amines is 1. The van der Waals surface area contributed by atoms with Crippen molar-refractivity contribution in [3.05, 3.63) is 26.6 Å². The van der Waals surface area contributed by atoms with Crippen LogP contribution >= 0.6 is 11.3 Å². The number of aliphatic carboxylic acids is 1. The number of carboxylic acid groups (broad SMARTS) is 1. The van der Waals surface area contributed by atoms with Gasteiger partial charge in [0, 0.05) is 18.4 Å². The molecule has 0 radical (unpaired) electrons. The summed E-state index contributed by atoms with van der Waals surface area (Å²) in [4.78, 5) is 32.3. The van der Waals surface area contributed by atoms with Crippen LogP contribution in [0.15, 0.2) is 4.79 Å². The molecule has 0 aromatic carbocycles. The number of aromatic nitrogens is 2. The Labute approximate surface area is 118 Å². The van der Waals surface area contributed by atoms with Crippen LogP contribution in [0, 0.1) is 0 Å². The third-order valence-corrected chi connectivity index (χ3v) is 4.73. The van der Waals surface area contributed by atoms with E-state index in [1.807, 2.05) is 0 Å². The minimum atomic E-state index is -0.869. The number of H-pyrrole nitrogens is 1. The van der Waals surface area contributed by atoms with E-state index in [-0.39, 0.29) is 5.56 Å². The van der Waals surface area contributed by atoms with Gasteiger partial charge < -0.3 is 14.8 Å². The van der Waals surface area contributed by atoms with Gasteiger partial charge in [0.2, 0.25) is 0 Å². The first kappa shape index (κ1) is 13.3. The van der Waals surface area contributed by atoms with E-state index in [1.165, 1.54) is 11.3 Å². The highest BCUT2D eigenvalue weighted by Crippen LogP contribution is 2.42. The SMILES string of the molecule is COCCc1nc2sc3c(c2c(=O)[nH]1)C(C(=O)O)CC3. The number of nitrogens with one attached hydrogen (secondary N) is 1. The highest BCUT2D eigenvalue weighted by atomic mass is 32.1. The lowest BCUT2D eigenvalue weighted by Gasteiger charge is -2.05. The molecule has 7 heteroatoms. The summed E-state index contributed by atoms with van der Waals surface area (Å²) >= 11 is 1.43. The molecule has 3 rings (SSSR count). The molecule has 106 valence electrons. The van der Waals surface area contributed by atoms with Crippen LogP contribution in [0.2, 0.25) is 0 Å². The molecular formula is C13H14N2O4S. The Bertz CT molecular complexity index is 734. The van der Waals surface area contributed by atoms with Gasteiger partial charge in [-0.05, 0) is 18.4 Å². The zero-order valence-corrected chi connectivity index (χ0v) is 11.7. The fourth-order valence-electron chi connectivity index (χ4n) is 2.66. The molecule has 0 aliphatic heterocycles. The summed E-state index contributed by atoms with van der Waals surface area (Å²) in [6, 6.07) is 0. The van der Waals surface area contributed by atoms with Crippen molar-refractivity contribution in [3.63, 3.8) is 0 Å². The fraction of sp³-hybridized carbons (Fsp3) is 0.462. The van der Waals surface area contributed by atoms with Crippen molar-refractivity contribution < 1.29 is 14.6 Å². The second kappa shape index (κ2) is 4.99. The average molecular weight is 294 g/mol. The van der Waals surface area contributed by atoms with E-state index < -0.39 is 11.9 Å². The van der Waals surface area contributed by atoms with Gasteiger partial charge in [0.25, 0.3) is 5.56 Å². The summed E-state index contributed by atoms with van der Waals surface area (Å²) in [5, 5.41) is 9.71. The van der Waals surface area contributed by atoms with E-state index in [2.05, 4.69) is 9.97 Å². The van der Waals surface area contributed by atoms with Gasteiger partial charge in [-0.25, -0.2) is 4.98 Å². The molecule has 1 unspecified atom stereocenters. The molecule has 2 heterocycles. The normalized spacial score (nSPS) is 17.6. The van der Waals surface area contributed by atoms with E-state index in [0.29, 0.717) is 47.5 Å². The summed E-state index contributed by atoms with van der Waals surface area (Å²) in [6.45, 7) is 0.483. The zero-order valence-electron chi connectivity index (χ0n) is 10.9. The minimum absolute atomic E-state index is 0.244. The maximum atomic E-state index is 12.2. The van der Waals surface area contributed by atoms with Crippen LogP contribution in [0.1, 0.15) is 28.6 Å². The lowest BCUT2D eigenvalue weighted by molar-refractivity contribution is -0.138. The Balaban J connectivity index is 2.14. The number of rotatable bonds is 4. The molecule has 2 aromatic heterocycles. The van der Waals surface area contributed by atoms with Gasteiger partial charge in [0.15, 0.2) is 0 Å². The lowest BCUT2D eigenvalue weighted by atomic mass is 10.0. The monoisotopic (exact) mass is 294 g/mol. The van der Waals surface area contributed by atoms with Crippen LogP contribution in [-0.2, 0) is 22.4 Å². The molecule has 0 saturated carbocycles. The summed E-state index contributed by atoms with van der Waals surface area (Å²) in [6.07, 6.45) is 1.81. The lowest BCUT2D eigenvalue weighted by Crippen LogP contribution is -2.15. The third kappa shape index (κ3) is 2.03. The highest BCUT2D eigenvalue weighted by Gasteiger charge is 2.33. The Hall–Kier alpha value is -1.73. The number of hydrogen-bond acceptors (Lipinski definition) is 5. The van der Waals surface area contributed by atoms with Gasteiger partial charge in [0.1, 0.15) is 10.7 Å². The van der Waals surface area contributed by atoms with Crippen molar-refractivity contribution in [2.45, 2.75) is 25.2 Å². The molecule has 1 atom stereocenters. The predicted octanol–water partition coefficient (Wildman–Crippen LogP) is 1.29. The van der Waals surface area contributed by atoms with Gasteiger partial charge in [-0.1, -0.05) is 0 Å². The van der Waals surface area contributed by atoms with Crippen LogP contribution in [-0.4, -0.2) is 34.8 Å². The molecule has 0 saturated heterocycles. The molecule has 0 amide bonds. The number of methoxy groups -OCH3 is 1. The van der Waals surface area contributed by atoms with Crippen molar-refractivity contribution in [2.75, 3.05) is 13.7 Å². The molecule has 20 heavy (non-hydrogen) atoms. The quantitative estimate of drug-likeness (QED) is 0.886. The van der Waals surface area contributed by atoms with Crippen LogP contribution in [0.4, 0.5) is 0 Å². The highest BCUT2D eigenvalue weighted by molar-refractivity contribution is 7.18. The Morgan fingerprint density at radius 3 is 3.10 bits per heavy atom. The minimum Gasteiger partial charge on any atom is -0.481 e. The van der Waals surface area contributed by atoms with Gasteiger partial charge in [-0.15, -0.1) is 11.3 Å². The molecule has 1 aliphatic rings. The second-order valence-electron chi connectivity index (χ2n) is 4.80. The first-order valence-corrected chi connectivity index (χ1v) is 7.19. The molecule has 2 N–H and O–H groups in total. The number of fused-ring (bicyclic) bond motifs is 3. The van der Waals surface area contributed by atoms with Crippen molar-refractivity contribution in [3.8, 4) is 0 Å². The van der Waals surface area contributed by atoms with Crippen LogP contribution < -0.4 is 5.56 Å². The molecule has 6 nitrogen and oxygen atoms in total. The van der Waals surface area contributed by atoms with Crippen LogP contribution in [0.3, 0.4) is 0 Å². The van der Waals surface area contributed by atoms with Gasteiger partial charge in [0.05, 0.1) is 17.9 Å². The molecule has 1 aliphatic carbocycles. The summed E-state index contributed by atoms with van der Waals surface area (Å²) in [5.41, 5.74) is 0.427. The first-order chi connectivity index (χ1) is 9.61. The van der Waals surface area contributed by atoms with E-state index >= 15 is 0 Å². The molecule has 2 aromatic rings. The fourth-order valence-corrected chi connectivity index (χ4v) is 3.93. The van der Waals surface area contributed by atoms with E-state index in [1.54, 1.807) is 7.11 Å². The molecule has 0 spiro atoms. The van der Waals surface area contributed by atoms with Gasteiger partial charge in [-0.2, -0.15) is 0 Å². The largest absolute Gasteiger partial charge is 0.481 e. The van der Waals surface area contributed by atoms with Crippen molar-refractivity contribution in [1.82, 2.24) is 9.97 Å². The summed E-state index contributed by atoms with van der Waals surface area (Å²) in [5.74, 6) is -0.867. The Morgan fingerprint density at radius 2 is 2.40 bits per heavy atom. The Morgan fingerprint density at radius 1 is 1.60 bits per heavy atom. The van der Waals surface area contributed by atoms with Crippen molar-refractivity contribution in [2.24, 2.45) is 0 Å². The van der Waals surface area contributed by atoms with Gasteiger partial charge in [-0.3, -0.25) is 9.59 Å². The molecule has 0 bridgehead atoms. The smallest absolute Gasteiger partial charge is 0.311 e. The topological polar surface area (TPSA) is 92.3 Å². The summed E-state index contributed by atoms with van der Waals surface area (Å²) < 4.78 is 4.97. The number of carbonyl (C=O) groups is 1. The van der Waals surface area contributed by atoms with Gasteiger partial charge >= 0.3 is 5.97 Å². The molecule has 0 fully saturated rings. The zero-order chi connectivity index (χ0) is 14.3. The van der Waals surface area contributed by atoms with Crippen LogP contribution in [0.5, 0.6) is 0 Å². The van der Waals surface area contributed by atoms with E-state index in [4.69, 9.17) is 4.74 Å². The molecular weight excluding hydrogens is 280 g/mol. The number of ether oxygens (including phenoxy) is 1. The predicted molar refractivity (Wildman–Crippen MR) is 74.5 cm³/mol. The number of nitrogens with zero attached hydrogens (tertiary/aromatic N) is 1. The van der Waals surface area contributed by atoms with E-state index in [0.717, 1.165) is 4.88 Å². The summed E-state index contributed by atoms with van der Waals surface area (Å²) in [7, 11) is 1.59. The maximum Gasteiger partial charge on any atom is 0.311 e. The average Bonchev–Trinajstić information content (AvgIpc) is 2.93. The number of aryl methyl sites for hydroxylation is 1.